The van der Waals surface area contributed by atoms with Crippen LogP contribution in [0.3, 0.4) is 0 Å². The van der Waals surface area contributed by atoms with Gasteiger partial charge in [-0.25, -0.2) is 21.6 Å². The van der Waals surface area contributed by atoms with Crippen molar-refractivity contribution in [3.63, 3.8) is 0 Å². The maximum atomic E-state index is 12.0. The Kier molecular flexibility index (Phi) is 5.20. The molecule has 0 aliphatic carbocycles. The van der Waals surface area contributed by atoms with Gasteiger partial charge in [-0.3, -0.25) is 0 Å². The molecular formula is C12H23NO7S2. The molecule has 0 aromatic rings. The first-order valence-electron chi connectivity index (χ1n) is 6.66. The summed E-state index contributed by atoms with van der Waals surface area (Å²) in [7, 11) is -7.49. The number of hydrogen-bond donors (Lipinski definition) is 1. The van der Waals surface area contributed by atoms with Crippen LogP contribution in [-0.2, 0) is 24.4 Å². The van der Waals surface area contributed by atoms with Gasteiger partial charge in [-0.15, -0.1) is 0 Å². The maximum absolute atomic E-state index is 12.0. The van der Waals surface area contributed by atoms with Crippen molar-refractivity contribution in [1.82, 2.24) is 4.90 Å². The number of carbonyl (C=O) groups excluding carboxylic acids is 1. The third-order valence-electron chi connectivity index (χ3n) is 3.32. The van der Waals surface area contributed by atoms with Crippen LogP contribution >= 0.6 is 0 Å². The lowest BCUT2D eigenvalue weighted by molar-refractivity contribution is 0.0280. The normalized spacial score (nSPS) is 25.1. The van der Waals surface area contributed by atoms with Crippen molar-refractivity contribution in [2.24, 2.45) is 5.92 Å². The van der Waals surface area contributed by atoms with Gasteiger partial charge in [0.2, 0.25) is 0 Å². The standard InChI is InChI=1S/C12H23NO7S2/c1-12(2,3)20-11(15)13-6-8(10(14)22(5,18)19)9(7-13)21(4,16)17/h8-10,14H,6-7H2,1-5H3. The summed E-state index contributed by atoms with van der Waals surface area (Å²) < 4.78 is 51.9. The van der Waals surface area contributed by atoms with E-state index in [1.807, 2.05) is 0 Å². The van der Waals surface area contributed by atoms with Crippen LogP contribution in [-0.4, -0.2) is 74.8 Å². The highest BCUT2D eigenvalue weighted by atomic mass is 32.2. The average Bonchev–Trinajstić information content (AvgIpc) is 2.68. The Bertz CT molecular complexity index is 633. The lowest BCUT2D eigenvalue weighted by Crippen LogP contribution is -2.39. The molecule has 0 aromatic heterocycles. The van der Waals surface area contributed by atoms with E-state index in [1.165, 1.54) is 0 Å². The van der Waals surface area contributed by atoms with Gasteiger partial charge in [-0.05, 0) is 20.8 Å². The number of rotatable bonds is 3. The molecule has 1 aliphatic rings. The molecule has 3 unspecified atom stereocenters. The monoisotopic (exact) mass is 357 g/mol. The molecule has 130 valence electrons. The molecular weight excluding hydrogens is 334 g/mol. The second-order valence-corrected chi connectivity index (χ2v) is 11.0. The third kappa shape index (κ3) is 4.82. The maximum Gasteiger partial charge on any atom is 0.410 e. The van der Waals surface area contributed by atoms with Crippen molar-refractivity contribution in [2.45, 2.75) is 37.1 Å². The van der Waals surface area contributed by atoms with Crippen molar-refractivity contribution < 1.29 is 31.5 Å². The van der Waals surface area contributed by atoms with Crippen LogP contribution in [0.5, 0.6) is 0 Å². The number of carbonyl (C=O) groups is 1. The smallest absolute Gasteiger partial charge is 0.410 e. The number of aliphatic hydroxyl groups is 1. The SMILES string of the molecule is CC(C)(C)OC(=O)N1CC(C(O)S(C)(=O)=O)C(S(C)(=O)=O)C1. The van der Waals surface area contributed by atoms with E-state index in [2.05, 4.69) is 0 Å². The molecule has 22 heavy (non-hydrogen) atoms. The second kappa shape index (κ2) is 5.97. The summed E-state index contributed by atoms with van der Waals surface area (Å²) in [6.45, 7) is 4.60. The summed E-state index contributed by atoms with van der Waals surface area (Å²) in [5.41, 5.74) is -2.61. The minimum Gasteiger partial charge on any atom is -0.444 e. The summed E-state index contributed by atoms with van der Waals surface area (Å²) in [4.78, 5) is 13.2. The van der Waals surface area contributed by atoms with Crippen LogP contribution in [0.25, 0.3) is 0 Å². The Balaban J connectivity index is 3.05. The average molecular weight is 357 g/mol. The van der Waals surface area contributed by atoms with Crippen LogP contribution in [0.1, 0.15) is 20.8 Å². The molecule has 8 nitrogen and oxygen atoms in total. The third-order valence-corrected chi connectivity index (χ3v) is 6.14. The Morgan fingerprint density at radius 1 is 1.18 bits per heavy atom. The van der Waals surface area contributed by atoms with Crippen LogP contribution in [0.15, 0.2) is 0 Å². The number of sulfone groups is 2. The van der Waals surface area contributed by atoms with Crippen LogP contribution in [0.2, 0.25) is 0 Å². The van der Waals surface area contributed by atoms with E-state index in [4.69, 9.17) is 4.74 Å². The fourth-order valence-electron chi connectivity index (χ4n) is 2.32. The van der Waals surface area contributed by atoms with Crippen molar-refractivity contribution in [3.8, 4) is 0 Å². The van der Waals surface area contributed by atoms with Crippen molar-refractivity contribution >= 4 is 25.8 Å². The molecule has 0 aromatic carbocycles. The van der Waals surface area contributed by atoms with Gasteiger partial charge >= 0.3 is 6.09 Å². The molecule has 3 atom stereocenters. The molecule has 10 heteroatoms. The highest BCUT2D eigenvalue weighted by molar-refractivity contribution is 7.92. The number of nitrogens with zero attached hydrogens (tertiary/aromatic N) is 1. The molecule has 0 radical (unpaired) electrons. The number of aliphatic hydroxyl groups excluding tert-OH is 1. The Morgan fingerprint density at radius 3 is 2.05 bits per heavy atom. The Hall–Kier alpha value is -0.870. The summed E-state index contributed by atoms with van der Waals surface area (Å²) >= 11 is 0. The van der Waals surface area contributed by atoms with Crippen LogP contribution < -0.4 is 0 Å². The molecule has 1 heterocycles. The topological polar surface area (TPSA) is 118 Å². The van der Waals surface area contributed by atoms with E-state index in [9.17, 15) is 26.7 Å². The predicted octanol–water partition coefficient (Wildman–Crippen LogP) is -0.370. The van der Waals surface area contributed by atoms with E-state index in [0.29, 0.717) is 0 Å². The molecule has 0 bridgehead atoms. The zero-order valence-electron chi connectivity index (χ0n) is 13.3. The second-order valence-electron chi connectivity index (χ2n) is 6.64. The number of likely N-dealkylation sites (tertiary alicyclic amines) is 1. The Labute approximate surface area is 131 Å². The van der Waals surface area contributed by atoms with Gasteiger partial charge in [0.15, 0.2) is 25.1 Å². The molecule has 1 rings (SSSR count). The van der Waals surface area contributed by atoms with Crippen molar-refractivity contribution in [2.75, 3.05) is 25.6 Å². The lowest BCUT2D eigenvalue weighted by Gasteiger charge is -2.24. The minimum atomic E-state index is -3.85. The summed E-state index contributed by atoms with van der Waals surface area (Å²) in [5.74, 6) is -1.10. The summed E-state index contributed by atoms with van der Waals surface area (Å²) in [6.07, 6.45) is 1.05. The van der Waals surface area contributed by atoms with Gasteiger partial charge in [0.05, 0.1) is 5.25 Å². The van der Waals surface area contributed by atoms with Gasteiger partial charge in [0.25, 0.3) is 0 Å². The Morgan fingerprint density at radius 2 is 1.68 bits per heavy atom. The van der Waals surface area contributed by atoms with E-state index in [1.54, 1.807) is 20.8 Å². The quantitative estimate of drug-likeness (QED) is 0.732. The van der Waals surface area contributed by atoms with E-state index >= 15 is 0 Å². The molecule has 1 fully saturated rings. The lowest BCUT2D eigenvalue weighted by atomic mass is 10.1. The number of amides is 1. The highest BCUT2D eigenvalue weighted by Gasteiger charge is 2.48. The van der Waals surface area contributed by atoms with Gasteiger partial charge in [0, 0.05) is 31.5 Å². The molecule has 0 spiro atoms. The molecule has 1 amide bonds. The zero-order chi connectivity index (χ0) is 17.5. The van der Waals surface area contributed by atoms with Gasteiger partial charge < -0.3 is 14.7 Å². The predicted molar refractivity (Wildman–Crippen MR) is 80.8 cm³/mol. The fraction of sp³-hybridized carbons (Fsp3) is 0.917. The van der Waals surface area contributed by atoms with E-state index in [0.717, 1.165) is 17.4 Å². The fourth-order valence-corrected chi connectivity index (χ4v) is 4.65. The molecule has 1 N–H and O–H groups in total. The highest BCUT2D eigenvalue weighted by Crippen LogP contribution is 2.29. The number of ether oxygens (including phenoxy) is 1. The van der Waals surface area contributed by atoms with Gasteiger partial charge in [-0.2, -0.15) is 0 Å². The van der Waals surface area contributed by atoms with Gasteiger partial charge in [-0.1, -0.05) is 0 Å². The first-order valence-corrected chi connectivity index (χ1v) is 10.6. The van der Waals surface area contributed by atoms with E-state index in [-0.39, 0.29) is 13.1 Å². The molecule has 0 saturated carbocycles. The zero-order valence-corrected chi connectivity index (χ0v) is 14.9. The van der Waals surface area contributed by atoms with E-state index < -0.39 is 48.0 Å². The number of hydrogen-bond acceptors (Lipinski definition) is 7. The van der Waals surface area contributed by atoms with Crippen LogP contribution in [0, 0.1) is 5.92 Å². The van der Waals surface area contributed by atoms with Crippen molar-refractivity contribution in [1.29, 1.82) is 0 Å². The summed E-state index contributed by atoms with van der Waals surface area (Å²) in [6, 6.07) is 0. The summed E-state index contributed by atoms with van der Waals surface area (Å²) in [5, 5.41) is 8.77. The first kappa shape index (κ1) is 19.2. The largest absolute Gasteiger partial charge is 0.444 e. The molecule has 1 saturated heterocycles. The van der Waals surface area contributed by atoms with Crippen LogP contribution in [0.4, 0.5) is 4.79 Å². The van der Waals surface area contributed by atoms with Crippen molar-refractivity contribution in [3.05, 3.63) is 0 Å². The first-order chi connectivity index (χ1) is 9.63. The molecule has 1 aliphatic heterocycles. The minimum absolute atomic E-state index is 0.194. The van der Waals surface area contributed by atoms with Gasteiger partial charge in [0.1, 0.15) is 5.60 Å².